The van der Waals surface area contributed by atoms with E-state index < -0.39 is 0 Å². The van der Waals surface area contributed by atoms with Crippen LogP contribution in [-0.4, -0.2) is 31.1 Å². The van der Waals surface area contributed by atoms with Gasteiger partial charge in [-0.15, -0.1) is 0 Å². The van der Waals surface area contributed by atoms with Gasteiger partial charge in [0.1, 0.15) is 0 Å². The summed E-state index contributed by atoms with van der Waals surface area (Å²) in [5.74, 6) is 2.36. The Bertz CT molecular complexity index is 401. The Labute approximate surface area is 130 Å². The molecule has 0 aromatic heterocycles. The van der Waals surface area contributed by atoms with E-state index in [-0.39, 0.29) is 0 Å². The molecule has 0 spiro atoms. The van der Waals surface area contributed by atoms with Crippen molar-refractivity contribution in [3.8, 4) is 0 Å². The van der Waals surface area contributed by atoms with Gasteiger partial charge in [0.15, 0.2) is 0 Å². The summed E-state index contributed by atoms with van der Waals surface area (Å²) in [6, 6.07) is 11.4. The molecule has 0 bridgehead atoms. The molecule has 1 saturated heterocycles. The quantitative estimate of drug-likeness (QED) is 0.817. The lowest BCUT2D eigenvalue weighted by atomic mass is 9.93. The van der Waals surface area contributed by atoms with Gasteiger partial charge in [-0.3, -0.25) is 0 Å². The lowest BCUT2D eigenvalue weighted by Crippen LogP contribution is -2.35. The molecular formula is C19H32N2. The van der Waals surface area contributed by atoms with E-state index in [1.54, 1.807) is 0 Å². The van der Waals surface area contributed by atoms with E-state index in [1.165, 1.54) is 31.6 Å². The average molecular weight is 288 g/mol. The summed E-state index contributed by atoms with van der Waals surface area (Å²) in [4.78, 5) is 2.67. The van der Waals surface area contributed by atoms with Crippen molar-refractivity contribution in [3.05, 3.63) is 35.9 Å². The molecule has 0 aliphatic carbocycles. The minimum atomic E-state index is 0.467. The Balaban J connectivity index is 1.95. The van der Waals surface area contributed by atoms with Gasteiger partial charge in [-0.2, -0.15) is 0 Å². The van der Waals surface area contributed by atoms with Crippen LogP contribution in [0.15, 0.2) is 30.3 Å². The largest absolute Gasteiger partial charge is 0.310 e. The maximum absolute atomic E-state index is 3.68. The van der Waals surface area contributed by atoms with Crippen molar-refractivity contribution in [1.29, 1.82) is 0 Å². The highest BCUT2D eigenvalue weighted by Gasteiger charge is 2.28. The summed E-state index contributed by atoms with van der Waals surface area (Å²) in [5.41, 5.74) is 1.42. The van der Waals surface area contributed by atoms with Gasteiger partial charge in [0, 0.05) is 19.1 Å². The molecular weight excluding hydrogens is 256 g/mol. The number of rotatable bonds is 7. The van der Waals surface area contributed by atoms with Crippen molar-refractivity contribution in [2.45, 2.75) is 40.2 Å². The van der Waals surface area contributed by atoms with Gasteiger partial charge in [-0.05, 0) is 42.8 Å². The maximum Gasteiger partial charge on any atom is 0.0358 e. The van der Waals surface area contributed by atoms with Gasteiger partial charge in [0.25, 0.3) is 0 Å². The van der Waals surface area contributed by atoms with Crippen LogP contribution >= 0.6 is 0 Å². The Morgan fingerprint density at radius 1 is 1.19 bits per heavy atom. The lowest BCUT2D eigenvalue weighted by Gasteiger charge is -2.29. The third-order valence-corrected chi connectivity index (χ3v) is 4.95. The number of nitrogens with one attached hydrogen (secondary N) is 1. The van der Waals surface area contributed by atoms with Gasteiger partial charge in [0.05, 0.1) is 0 Å². The first-order valence-electron chi connectivity index (χ1n) is 8.62. The van der Waals surface area contributed by atoms with Crippen LogP contribution in [0.5, 0.6) is 0 Å². The minimum Gasteiger partial charge on any atom is -0.310 e. The summed E-state index contributed by atoms with van der Waals surface area (Å²) in [6.45, 7) is 14.1. The molecule has 0 radical (unpaired) electrons. The number of hydrogen-bond acceptors (Lipinski definition) is 2. The molecule has 118 valence electrons. The molecule has 3 atom stereocenters. The summed E-state index contributed by atoms with van der Waals surface area (Å²) in [5, 5.41) is 3.68. The number of benzene rings is 1. The fraction of sp³-hybridized carbons (Fsp3) is 0.684. The highest BCUT2D eigenvalue weighted by molar-refractivity contribution is 5.19. The fourth-order valence-corrected chi connectivity index (χ4v) is 3.61. The minimum absolute atomic E-state index is 0.467. The van der Waals surface area contributed by atoms with Gasteiger partial charge >= 0.3 is 0 Å². The zero-order valence-electron chi connectivity index (χ0n) is 14.2. The van der Waals surface area contributed by atoms with Crippen LogP contribution < -0.4 is 5.32 Å². The number of nitrogens with zero attached hydrogens (tertiary/aromatic N) is 1. The Hall–Kier alpha value is -0.860. The summed E-state index contributed by atoms with van der Waals surface area (Å²) in [7, 11) is 0. The molecule has 1 aromatic rings. The molecule has 1 aliphatic rings. The summed E-state index contributed by atoms with van der Waals surface area (Å²) < 4.78 is 0. The second kappa shape index (κ2) is 7.95. The maximum atomic E-state index is 3.68. The van der Waals surface area contributed by atoms with Crippen LogP contribution in [0.2, 0.25) is 0 Å². The SMILES string of the molecule is CCNC(c1ccccc1)C(C)CN1CCC(C(C)C)C1. The standard InChI is InChI=1S/C19H32N2/c1-5-20-19(17-9-7-6-8-10-17)16(4)13-21-12-11-18(14-21)15(2)3/h6-10,15-16,18-20H,5,11-14H2,1-4H3. The van der Waals surface area contributed by atoms with Crippen LogP contribution in [0.4, 0.5) is 0 Å². The van der Waals surface area contributed by atoms with Crippen LogP contribution in [0, 0.1) is 17.8 Å². The molecule has 0 amide bonds. The van der Waals surface area contributed by atoms with Gasteiger partial charge in [-0.25, -0.2) is 0 Å². The van der Waals surface area contributed by atoms with Crippen molar-refractivity contribution < 1.29 is 0 Å². The molecule has 1 aromatic carbocycles. The smallest absolute Gasteiger partial charge is 0.0358 e. The summed E-state index contributed by atoms with van der Waals surface area (Å²) in [6.07, 6.45) is 1.38. The van der Waals surface area contributed by atoms with E-state index in [2.05, 4.69) is 68.2 Å². The third-order valence-electron chi connectivity index (χ3n) is 4.95. The van der Waals surface area contributed by atoms with E-state index >= 15 is 0 Å². The normalized spacial score (nSPS) is 22.6. The molecule has 2 nitrogen and oxygen atoms in total. The van der Waals surface area contributed by atoms with E-state index in [4.69, 9.17) is 0 Å². The van der Waals surface area contributed by atoms with Crippen LogP contribution in [0.25, 0.3) is 0 Å². The molecule has 2 heteroatoms. The Kier molecular flexibility index (Phi) is 6.25. The summed E-state index contributed by atoms with van der Waals surface area (Å²) >= 11 is 0. The second-order valence-corrected chi connectivity index (χ2v) is 6.98. The van der Waals surface area contributed by atoms with Gasteiger partial charge < -0.3 is 10.2 Å². The van der Waals surface area contributed by atoms with Gasteiger partial charge in [0.2, 0.25) is 0 Å². The fourth-order valence-electron chi connectivity index (χ4n) is 3.61. The monoisotopic (exact) mass is 288 g/mol. The first-order valence-corrected chi connectivity index (χ1v) is 8.62. The Morgan fingerprint density at radius 3 is 2.48 bits per heavy atom. The molecule has 0 saturated carbocycles. The molecule has 1 N–H and O–H groups in total. The topological polar surface area (TPSA) is 15.3 Å². The zero-order chi connectivity index (χ0) is 15.2. The molecule has 1 aliphatic heterocycles. The van der Waals surface area contributed by atoms with Crippen molar-refractivity contribution >= 4 is 0 Å². The molecule has 1 fully saturated rings. The van der Waals surface area contributed by atoms with Crippen LogP contribution in [-0.2, 0) is 0 Å². The molecule has 1 heterocycles. The lowest BCUT2D eigenvalue weighted by molar-refractivity contribution is 0.235. The first kappa shape index (κ1) is 16.5. The van der Waals surface area contributed by atoms with Crippen LogP contribution in [0.3, 0.4) is 0 Å². The second-order valence-electron chi connectivity index (χ2n) is 6.98. The van der Waals surface area contributed by atoms with Crippen molar-refractivity contribution in [2.75, 3.05) is 26.2 Å². The van der Waals surface area contributed by atoms with E-state index in [1.807, 2.05) is 0 Å². The van der Waals surface area contributed by atoms with Crippen LogP contribution in [0.1, 0.15) is 45.7 Å². The highest BCUT2D eigenvalue weighted by atomic mass is 15.2. The molecule has 3 unspecified atom stereocenters. The molecule has 2 rings (SSSR count). The molecule has 21 heavy (non-hydrogen) atoms. The number of likely N-dealkylation sites (tertiary alicyclic amines) is 1. The van der Waals surface area contributed by atoms with Crippen molar-refractivity contribution in [2.24, 2.45) is 17.8 Å². The number of hydrogen-bond donors (Lipinski definition) is 1. The zero-order valence-corrected chi connectivity index (χ0v) is 14.2. The predicted molar refractivity (Wildman–Crippen MR) is 91.4 cm³/mol. The van der Waals surface area contributed by atoms with E-state index in [0.717, 1.165) is 18.4 Å². The van der Waals surface area contributed by atoms with E-state index in [9.17, 15) is 0 Å². The Morgan fingerprint density at radius 2 is 1.90 bits per heavy atom. The highest BCUT2D eigenvalue weighted by Crippen LogP contribution is 2.27. The predicted octanol–water partition coefficient (Wildman–Crippen LogP) is 3.95. The first-order chi connectivity index (χ1) is 10.1. The average Bonchev–Trinajstić information content (AvgIpc) is 2.94. The van der Waals surface area contributed by atoms with Gasteiger partial charge in [-0.1, -0.05) is 58.0 Å². The van der Waals surface area contributed by atoms with Crippen molar-refractivity contribution in [3.63, 3.8) is 0 Å². The third kappa shape index (κ3) is 4.55. The van der Waals surface area contributed by atoms with E-state index in [0.29, 0.717) is 12.0 Å². The van der Waals surface area contributed by atoms with Crippen molar-refractivity contribution in [1.82, 2.24) is 10.2 Å².